The third kappa shape index (κ3) is 2.49. The molecule has 1 aliphatic carbocycles. The molecule has 2 rings (SSSR count). The zero-order valence-corrected chi connectivity index (χ0v) is 9.91. The van der Waals surface area contributed by atoms with Gasteiger partial charge in [0, 0.05) is 6.04 Å². The van der Waals surface area contributed by atoms with Gasteiger partial charge in [0.15, 0.2) is 0 Å². The summed E-state index contributed by atoms with van der Waals surface area (Å²) in [5.74, 6) is -0.212. The summed E-state index contributed by atoms with van der Waals surface area (Å²) >= 11 is 0. The van der Waals surface area contributed by atoms with E-state index in [0.29, 0.717) is 0 Å². The summed E-state index contributed by atoms with van der Waals surface area (Å²) in [7, 11) is 0. The summed E-state index contributed by atoms with van der Waals surface area (Å²) in [5.41, 5.74) is 1.39. The average molecular weight is 239 g/mol. The van der Waals surface area contributed by atoms with Gasteiger partial charge in [-0.25, -0.2) is 4.39 Å². The molecule has 0 aliphatic heterocycles. The van der Waals surface area contributed by atoms with Gasteiger partial charge >= 0.3 is 0 Å². The molecule has 4 heteroatoms. The molecule has 0 bridgehead atoms. The number of nitrogens with one attached hydrogen (secondary N) is 1. The second-order valence-electron chi connectivity index (χ2n) is 4.96. The van der Waals surface area contributed by atoms with Crippen molar-refractivity contribution < 1.29 is 14.6 Å². The second kappa shape index (κ2) is 4.72. The molecule has 17 heavy (non-hydrogen) atoms. The molecular weight excluding hydrogens is 221 g/mol. The first kappa shape index (κ1) is 12.5. The molecule has 0 fully saturated rings. The van der Waals surface area contributed by atoms with Crippen LogP contribution >= 0.6 is 0 Å². The molecule has 1 atom stereocenters. The lowest BCUT2D eigenvalue weighted by Gasteiger charge is -2.30. The Morgan fingerprint density at radius 1 is 1.41 bits per heavy atom. The van der Waals surface area contributed by atoms with Crippen molar-refractivity contribution in [1.29, 1.82) is 0 Å². The SMILES string of the molecule is CC(CO)(CO)NC1CCc2cc(F)ccc21. The molecular formula is C13H18FNO2. The van der Waals surface area contributed by atoms with Crippen LogP contribution in [-0.4, -0.2) is 29.0 Å². The number of aliphatic hydroxyl groups excluding tert-OH is 2. The van der Waals surface area contributed by atoms with Gasteiger partial charge in [0.05, 0.1) is 18.8 Å². The highest BCUT2D eigenvalue weighted by atomic mass is 19.1. The highest BCUT2D eigenvalue weighted by molar-refractivity contribution is 5.35. The zero-order valence-electron chi connectivity index (χ0n) is 9.91. The minimum atomic E-state index is -0.694. The lowest BCUT2D eigenvalue weighted by Crippen LogP contribution is -2.50. The Hall–Kier alpha value is -0.970. The number of rotatable bonds is 4. The van der Waals surface area contributed by atoms with Gasteiger partial charge < -0.3 is 15.5 Å². The van der Waals surface area contributed by atoms with Crippen molar-refractivity contribution in [1.82, 2.24) is 5.32 Å². The topological polar surface area (TPSA) is 52.5 Å². The number of hydrogen-bond acceptors (Lipinski definition) is 3. The third-order valence-electron chi connectivity index (χ3n) is 3.40. The van der Waals surface area contributed by atoms with E-state index in [1.807, 2.05) is 0 Å². The van der Waals surface area contributed by atoms with Gasteiger partial charge in [-0.1, -0.05) is 6.07 Å². The summed E-state index contributed by atoms with van der Waals surface area (Å²) in [6.45, 7) is 1.52. The van der Waals surface area contributed by atoms with Crippen molar-refractivity contribution in [3.63, 3.8) is 0 Å². The van der Waals surface area contributed by atoms with E-state index in [9.17, 15) is 14.6 Å². The van der Waals surface area contributed by atoms with Crippen molar-refractivity contribution in [2.45, 2.75) is 31.3 Å². The van der Waals surface area contributed by atoms with Crippen LogP contribution in [0.2, 0.25) is 0 Å². The molecule has 1 aromatic rings. The predicted octanol–water partition coefficient (Wildman–Crippen LogP) is 1.15. The molecule has 0 amide bonds. The Morgan fingerprint density at radius 2 is 2.12 bits per heavy atom. The number of aliphatic hydroxyl groups is 2. The third-order valence-corrected chi connectivity index (χ3v) is 3.40. The molecule has 1 aliphatic rings. The van der Waals surface area contributed by atoms with E-state index in [-0.39, 0.29) is 25.1 Å². The Labute approximate surface area is 100 Å². The maximum atomic E-state index is 13.1. The monoisotopic (exact) mass is 239 g/mol. The van der Waals surface area contributed by atoms with E-state index in [1.165, 1.54) is 6.07 Å². The van der Waals surface area contributed by atoms with E-state index in [0.717, 1.165) is 24.0 Å². The number of halogens is 1. The average Bonchev–Trinajstić information content (AvgIpc) is 2.71. The molecule has 0 saturated heterocycles. The summed E-state index contributed by atoms with van der Waals surface area (Å²) in [5, 5.41) is 21.8. The van der Waals surface area contributed by atoms with Crippen LogP contribution in [0.25, 0.3) is 0 Å². The van der Waals surface area contributed by atoms with Crippen LogP contribution in [0.15, 0.2) is 18.2 Å². The van der Waals surface area contributed by atoms with Gasteiger partial charge in [0.1, 0.15) is 5.82 Å². The fourth-order valence-corrected chi connectivity index (χ4v) is 2.30. The van der Waals surface area contributed by atoms with Crippen LogP contribution in [0.5, 0.6) is 0 Å². The highest BCUT2D eigenvalue weighted by Crippen LogP contribution is 2.32. The lowest BCUT2D eigenvalue weighted by molar-refractivity contribution is 0.0939. The summed E-state index contributed by atoms with van der Waals surface area (Å²) in [6.07, 6.45) is 1.70. The van der Waals surface area contributed by atoms with Crippen LogP contribution in [-0.2, 0) is 6.42 Å². The van der Waals surface area contributed by atoms with Gasteiger partial charge in [-0.3, -0.25) is 0 Å². The van der Waals surface area contributed by atoms with Gasteiger partial charge in [0.25, 0.3) is 0 Å². The fraction of sp³-hybridized carbons (Fsp3) is 0.538. The van der Waals surface area contributed by atoms with Crippen molar-refractivity contribution in [3.8, 4) is 0 Å². The van der Waals surface area contributed by atoms with Crippen LogP contribution < -0.4 is 5.32 Å². The summed E-state index contributed by atoms with van der Waals surface area (Å²) < 4.78 is 13.1. The maximum Gasteiger partial charge on any atom is 0.123 e. The molecule has 0 saturated carbocycles. The Morgan fingerprint density at radius 3 is 2.76 bits per heavy atom. The van der Waals surface area contributed by atoms with Crippen LogP contribution in [0.1, 0.15) is 30.5 Å². The second-order valence-corrected chi connectivity index (χ2v) is 4.96. The first-order valence-corrected chi connectivity index (χ1v) is 5.86. The smallest absolute Gasteiger partial charge is 0.123 e. The Kier molecular flexibility index (Phi) is 3.47. The molecule has 1 aromatic carbocycles. The first-order valence-electron chi connectivity index (χ1n) is 5.86. The van der Waals surface area contributed by atoms with Crippen molar-refractivity contribution in [2.24, 2.45) is 0 Å². The van der Waals surface area contributed by atoms with Gasteiger partial charge in [-0.2, -0.15) is 0 Å². The predicted molar refractivity (Wildman–Crippen MR) is 63.2 cm³/mol. The van der Waals surface area contributed by atoms with Crippen molar-refractivity contribution in [2.75, 3.05) is 13.2 Å². The highest BCUT2D eigenvalue weighted by Gasteiger charge is 2.30. The summed E-state index contributed by atoms with van der Waals surface area (Å²) in [4.78, 5) is 0. The number of hydrogen-bond donors (Lipinski definition) is 3. The summed E-state index contributed by atoms with van der Waals surface area (Å²) in [6, 6.07) is 4.88. The lowest BCUT2D eigenvalue weighted by atomic mass is 10.0. The van der Waals surface area contributed by atoms with E-state index < -0.39 is 5.54 Å². The van der Waals surface area contributed by atoms with Gasteiger partial charge in [0.2, 0.25) is 0 Å². The van der Waals surface area contributed by atoms with Crippen LogP contribution in [0.4, 0.5) is 4.39 Å². The van der Waals surface area contributed by atoms with E-state index in [1.54, 1.807) is 19.1 Å². The van der Waals surface area contributed by atoms with E-state index >= 15 is 0 Å². The quantitative estimate of drug-likeness (QED) is 0.738. The van der Waals surface area contributed by atoms with Gasteiger partial charge in [-0.05, 0) is 43.0 Å². The standard InChI is InChI=1S/C13H18FNO2/c1-13(7-16,8-17)15-12-5-2-9-6-10(14)3-4-11(9)12/h3-4,6,12,15-17H,2,5,7-8H2,1H3. The normalized spacial score (nSPS) is 19.4. The molecule has 3 N–H and O–H groups in total. The minimum Gasteiger partial charge on any atom is -0.394 e. The molecule has 0 heterocycles. The van der Waals surface area contributed by atoms with Gasteiger partial charge in [-0.15, -0.1) is 0 Å². The fourth-order valence-electron chi connectivity index (χ4n) is 2.30. The largest absolute Gasteiger partial charge is 0.394 e. The Balaban J connectivity index is 2.17. The van der Waals surface area contributed by atoms with Crippen LogP contribution in [0.3, 0.4) is 0 Å². The van der Waals surface area contributed by atoms with Crippen molar-refractivity contribution >= 4 is 0 Å². The molecule has 0 spiro atoms. The van der Waals surface area contributed by atoms with E-state index in [4.69, 9.17) is 0 Å². The number of fused-ring (bicyclic) bond motifs is 1. The Bertz CT molecular complexity index is 404. The molecule has 1 unspecified atom stereocenters. The first-order chi connectivity index (χ1) is 8.08. The van der Waals surface area contributed by atoms with Crippen LogP contribution in [0, 0.1) is 5.82 Å². The van der Waals surface area contributed by atoms with E-state index in [2.05, 4.69) is 5.32 Å². The number of aryl methyl sites for hydroxylation is 1. The molecule has 94 valence electrons. The number of benzene rings is 1. The zero-order chi connectivity index (χ0) is 12.5. The molecule has 0 radical (unpaired) electrons. The minimum absolute atomic E-state index is 0.0786. The van der Waals surface area contributed by atoms with Crippen molar-refractivity contribution in [3.05, 3.63) is 35.1 Å². The molecule has 3 nitrogen and oxygen atoms in total. The molecule has 0 aromatic heterocycles. The maximum absolute atomic E-state index is 13.1.